The lowest BCUT2D eigenvalue weighted by Gasteiger charge is -2.12. The van der Waals surface area contributed by atoms with Crippen LogP contribution in [0.5, 0.6) is 5.75 Å². The largest absolute Gasteiger partial charge is 0.484 e. The van der Waals surface area contributed by atoms with Gasteiger partial charge in [0.1, 0.15) is 10.8 Å². The first-order valence-corrected chi connectivity index (χ1v) is 11.6. The number of methoxy groups -OCH3 is 2. The Kier molecular flexibility index (Phi) is 6.98. The highest BCUT2D eigenvalue weighted by Crippen LogP contribution is 2.45. The van der Waals surface area contributed by atoms with E-state index in [0.717, 1.165) is 16.0 Å². The van der Waals surface area contributed by atoms with Gasteiger partial charge in [0.15, 0.2) is 6.61 Å². The predicted molar refractivity (Wildman–Crippen MR) is 129 cm³/mol. The quantitative estimate of drug-likeness (QED) is 0.493. The zero-order valence-corrected chi connectivity index (χ0v) is 20.0. The summed E-state index contributed by atoms with van der Waals surface area (Å²) < 4.78 is 15.4. The third kappa shape index (κ3) is 4.82. The molecule has 2 aromatic carbocycles. The first kappa shape index (κ1) is 23.5. The molecule has 0 unspecified atom stereocenters. The number of aryl methyl sites for hydroxylation is 2. The molecular formula is C26H25NO6S. The van der Waals surface area contributed by atoms with E-state index in [1.165, 1.54) is 31.1 Å². The standard InChI is InChI=1S/C26H25NO6S/c1-15-4-6-16(7-5-15)17-8-10-18(11-9-17)33-14-21(28)27-24-23(26(30)32-3)22-19(25(29)31-2)12-13-20(22)34-24/h4-11,19H,12-14H2,1-3H3,(H,27,28)/t19-/m0/s1. The van der Waals surface area contributed by atoms with Crippen LogP contribution in [-0.4, -0.2) is 38.7 Å². The number of nitrogens with one attached hydrogen (secondary N) is 1. The van der Waals surface area contributed by atoms with E-state index >= 15 is 0 Å². The van der Waals surface area contributed by atoms with Crippen LogP contribution in [0.1, 0.15) is 38.7 Å². The molecule has 0 saturated carbocycles. The molecule has 0 aliphatic heterocycles. The number of anilines is 1. The normalized spacial score (nSPS) is 14.3. The molecule has 176 valence electrons. The number of ether oxygens (including phenoxy) is 3. The van der Waals surface area contributed by atoms with E-state index in [4.69, 9.17) is 14.2 Å². The SMILES string of the molecule is COC(=O)c1c(NC(=O)COc2ccc(-c3ccc(C)cc3)cc2)sc2c1[C@@H](C(=O)OC)CC2. The number of fused-ring (bicyclic) bond motifs is 1. The molecule has 1 heterocycles. The van der Waals surface area contributed by atoms with Crippen LogP contribution in [0.2, 0.25) is 0 Å². The predicted octanol–water partition coefficient (Wildman–Crippen LogP) is 4.73. The van der Waals surface area contributed by atoms with Gasteiger partial charge in [-0.3, -0.25) is 9.59 Å². The van der Waals surface area contributed by atoms with Crippen molar-refractivity contribution in [3.63, 3.8) is 0 Å². The summed E-state index contributed by atoms with van der Waals surface area (Å²) in [5.41, 5.74) is 4.15. The van der Waals surface area contributed by atoms with Gasteiger partial charge in [0, 0.05) is 4.88 Å². The number of thiophene rings is 1. The molecule has 8 heteroatoms. The molecule has 1 N–H and O–H groups in total. The van der Waals surface area contributed by atoms with Gasteiger partial charge >= 0.3 is 11.9 Å². The molecule has 1 aliphatic carbocycles. The third-order valence-corrected chi connectivity index (χ3v) is 6.95. The van der Waals surface area contributed by atoms with E-state index in [1.807, 2.05) is 31.2 Å². The molecule has 0 spiro atoms. The Morgan fingerprint density at radius 2 is 1.62 bits per heavy atom. The fourth-order valence-corrected chi connectivity index (χ4v) is 5.32. The fourth-order valence-electron chi connectivity index (χ4n) is 4.04. The monoisotopic (exact) mass is 479 g/mol. The molecule has 1 atom stereocenters. The summed E-state index contributed by atoms with van der Waals surface area (Å²) in [6.45, 7) is 1.81. The lowest BCUT2D eigenvalue weighted by molar-refractivity contribution is -0.142. The van der Waals surface area contributed by atoms with Gasteiger partial charge in [-0.05, 0) is 48.6 Å². The van der Waals surface area contributed by atoms with Gasteiger partial charge < -0.3 is 19.5 Å². The molecule has 0 saturated heterocycles. The Morgan fingerprint density at radius 1 is 0.971 bits per heavy atom. The molecular weight excluding hydrogens is 454 g/mol. The maximum Gasteiger partial charge on any atom is 0.341 e. The van der Waals surface area contributed by atoms with Gasteiger partial charge in [-0.1, -0.05) is 42.0 Å². The van der Waals surface area contributed by atoms with Crippen molar-refractivity contribution in [2.24, 2.45) is 0 Å². The summed E-state index contributed by atoms with van der Waals surface area (Å²) in [6, 6.07) is 15.7. The van der Waals surface area contributed by atoms with E-state index in [9.17, 15) is 14.4 Å². The smallest absolute Gasteiger partial charge is 0.341 e. The molecule has 7 nitrogen and oxygen atoms in total. The first-order chi connectivity index (χ1) is 16.4. The Bertz CT molecular complexity index is 1210. The van der Waals surface area contributed by atoms with E-state index in [-0.39, 0.29) is 12.2 Å². The Morgan fingerprint density at radius 3 is 2.24 bits per heavy atom. The summed E-state index contributed by atoms with van der Waals surface area (Å²) in [4.78, 5) is 38.1. The topological polar surface area (TPSA) is 90.9 Å². The van der Waals surface area contributed by atoms with Crippen LogP contribution in [0.15, 0.2) is 48.5 Å². The molecule has 0 bridgehead atoms. The van der Waals surface area contributed by atoms with Crippen molar-refractivity contribution in [1.82, 2.24) is 0 Å². The number of esters is 2. The van der Waals surface area contributed by atoms with Gasteiger partial charge in [-0.2, -0.15) is 0 Å². The minimum atomic E-state index is -0.601. The van der Waals surface area contributed by atoms with Crippen molar-refractivity contribution in [1.29, 1.82) is 0 Å². The lowest BCUT2D eigenvalue weighted by Crippen LogP contribution is -2.22. The van der Waals surface area contributed by atoms with Crippen LogP contribution >= 0.6 is 11.3 Å². The Balaban J connectivity index is 1.44. The molecule has 0 radical (unpaired) electrons. The number of hydrogen-bond donors (Lipinski definition) is 1. The highest BCUT2D eigenvalue weighted by atomic mass is 32.1. The summed E-state index contributed by atoms with van der Waals surface area (Å²) in [5.74, 6) is -1.41. The molecule has 1 aliphatic rings. The number of amides is 1. The number of carbonyl (C=O) groups is 3. The van der Waals surface area contributed by atoms with Crippen LogP contribution < -0.4 is 10.1 Å². The number of hydrogen-bond acceptors (Lipinski definition) is 7. The van der Waals surface area contributed by atoms with Gasteiger partial charge in [-0.15, -0.1) is 11.3 Å². The fraction of sp³-hybridized carbons (Fsp3) is 0.269. The first-order valence-electron chi connectivity index (χ1n) is 10.8. The Hall–Kier alpha value is -3.65. The van der Waals surface area contributed by atoms with Crippen molar-refractivity contribution < 1.29 is 28.6 Å². The third-order valence-electron chi connectivity index (χ3n) is 5.77. The second kappa shape index (κ2) is 10.1. The van der Waals surface area contributed by atoms with Gasteiger partial charge in [0.05, 0.1) is 25.7 Å². The molecule has 1 aromatic heterocycles. The maximum absolute atomic E-state index is 12.6. The summed E-state index contributed by atoms with van der Waals surface area (Å²) >= 11 is 1.28. The van der Waals surface area contributed by atoms with Crippen molar-refractivity contribution in [3.05, 3.63) is 70.1 Å². The van der Waals surface area contributed by atoms with E-state index in [2.05, 4.69) is 29.6 Å². The molecule has 3 aromatic rings. The highest BCUT2D eigenvalue weighted by molar-refractivity contribution is 7.17. The minimum Gasteiger partial charge on any atom is -0.484 e. The minimum absolute atomic E-state index is 0.214. The average molecular weight is 480 g/mol. The number of rotatable bonds is 7. The zero-order chi connectivity index (χ0) is 24.2. The summed E-state index contributed by atoms with van der Waals surface area (Å²) in [5, 5.41) is 3.10. The second-order valence-electron chi connectivity index (χ2n) is 7.98. The maximum atomic E-state index is 12.6. The lowest BCUT2D eigenvalue weighted by atomic mass is 9.99. The average Bonchev–Trinajstić information content (AvgIpc) is 3.41. The van der Waals surface area contributed by atoms with E-state index in [1.54, 1.807) is 0 Å². The number of benzene rings is 2. The van der Waals surface area contributed by atoms with Crippen molar-refractivity contribution in [3.8, 4) is 16.9 Å². The van der Waals surface area contributed by atoms with Crippen molar-refractivity contribution >= 4 is 34.2 Å². The van der Waals surface area contributed by atoms with Crippen molar-refractivity contribution in [2.75, 3.05) is 26.1 Å². The highest BCUT2D eigenvalue weighted by Gasteiger charge is 2.38. The van der Waals surface area contributed by atoms with E-state index < -0.39 is 23.8 Å². The van der Waals surface area contributed by atoms with Gasteiger partial charge in [-0.25, -0.2) is 4.79 Å². The zero-order valence-electron chi connectivity index (χ0n) is 19.2. The summed E-state index contributed by atoms with van der Waals surface area (Å²) in [7, 11) is 2.58. The van der Waals surface area contributed by atoms with E-state index in [0.29, 0.717) is 29.2 Å². The van der Waals surface area contributed by atoms with Gasteiger partial charge in [0.25, 0.3) is 5.91 Å². The van der Waals surface area contributed by atoms with Crippen molar-refractivity contribution in [2.45, 2.75) is 25.7 Å². The molecule has 0 fully saturated rings. The van der Waals surface area contributed by atoms with Crippen LogP contribution in [0.3, 0.4) is 0 Å². The van der Waals surface area contributed by atoms with Crippen LogP contribution in [-0.2, 0) is 25.5 Å². The number of carbonyl (C=O) groups excluding carboxylic acids is 3. The Labute approximate surface area is 201 Å². The molecule has 1 amide bonds. The van der Waals surface area contributed by atoms with Crippen LogP contribution in [0, 0.1) is 6.92 Å². The molecule has 34 heavy (non-hydrogen) atoms. The van der Waals surface area contributed by atoms with Crippen LogP contribution in [0.4, 0.5) is 5.00 Å². The summed E-state index contributed by atoms with van der Waals surface area (Å²) in [6.07, 6.45) is 1.19. The van der Waals surface area contributed by atoms with Crippen LogP contribution in [0.25, 0.3) is 11.1 Å². The molecule has 4 rings (SSSR count). The second-order valence-corrected chi connectivity index (χ2v) is 9.08. The van der Waals surface area contributed by atoms with Gasteiger partial charge in [0.2, 0.25) is 0 Å².